The average molecular weight is 233 g/mol. The fourth-order valence-corrected chi connectivity index (χ4v) is 2.03. The molecule has 17 heavy (non-hydrogen) atoms. The van der Waals surface area contributed by atoms with Gasteiger partial charge in [0.15, 0.2) is 0 Å². The molecular weight excluding hydrogens is 210 g/mol. The van der Waals surface area contributed by atoms with Gasteiger partial charge in [0.05, 0.1) is 7.11 Å². The summed E-state index contributed by atoms with van der Waals surface area (Å²) in [6.07, 6.45) is 3.75. The lowest BCUT2D eigenvalue weighted by molar-refractivity contribution is 0.408. The molecule has 0 radical (unpaired) electrons. The monoisotopic (exact) mass is 233 g/mol. The lowest BCUT2D eigenvalue weighted by Gasteiger charge is -2.13. The van der Waals surface area contributed by atoms with Crippen molar-refractivity contribution in [2.24, 2.45) is 0 Å². The molecule has 0 aromatic heterocycles. The largest absolute Gasteiger partial charge is 0.496 e. The highest BCUT2D eigenvalue weighted by Gasteiger charge is 2.19. The van der Waals surface area contributed by atoms with Gasteiger partial charge >= 0.3 is 0 Å². The second-order valence-corrected chi connectivity index (χ2v) is 5.20. The van der Waals surface area contributed by atoms with Gasteiger partial charge in [0.1, 0.15) is 5.75 Å². The highest BCUT2D eigenvalue weighted by Crippen LogP contribution is 2.25. The van der Waals surface area contributed by atoms with Gasteiger partial charge in [0.25, 0.3) is 0 Å². The molecule has 1 N–H and O–H groups in total. The quantitative estimate of drug-likeness (QED) is 0.815. The number of hydrogen-bond acceptors (Lipinski definition) is 2. The second-order valence-electron chi connectivity index (χ2n) is 5.20. The van der Waals surface area contributed by atoms with Crippen LogP contribution >= 0.6 is 0 Å². The molecule has 0 saturated heterocycles. The van der Waals surface area contributed by atoms with Crippen molar-refractivity contribution < 1.29 is 4.74 Å². The van der Waals surface area contributed by atoms with E-state index in [1.807, 2.05) is 0 Å². The Bertz CT molecular complexity index is 369. The van der Waals surface area contributed by atoms with E-state index in [0.29, 0.717) is 5.92 Å². The Kier molecular flexibility index (Phi) is 4.06. The number of rotatable bonds is 6. The second kappa shape index (κ2) is 5.54. The van der Waals surface area contributed by atoms with Crippen LogP contribution in [0.5, 0.6) is 5.75 Å². The van der Waals surface area contributed by atoms with Crippen LogP contribution in [0.25, 0.3) is 0 Å². The molecule has 0 unspecified atom stereocenters. The SMILES string of the molecule is COc1cc(C(C)C)ccc1CCNC1CC1. The molecule has 1 aliphatic carbocycles. The van der Waals surface area contributed by atoms with Gasteiger partial charge in [0, 0.05) is 6.04 Å². The summed E-state index contributed by atoms with van der Waals surface area (Å²) in [6.45, 7) is 5.48. The third-order valence-corrected chi connectivity index (χ3v) is 3.38. The first-order valence-corrected chi connectivity index (χ1v) is 6.61. The number of ether oxygens (including phenoxy) is 1. The molecule has 0 amide bonds. The molecule has 1 saturated carbocycles. The van der Waals surface area contributed by atoms with Crippen LogP contribution in [0.2, 0.25) is 0 Å². The van der Waals surface area contributed by atoms with Crippen LogP contribution in [0.15, 0.2) is 18.2 Å². The molecule has 0 heterocycles. The zero-order valence-corrected chi connectivity index (χ0v) is 11.1. The molecule has 1 aliphatic rings. The summed E-state index contributed by atoms with van der Waals surface area (Å²) in [6, 6.07) is 7.40. The van der Waals surface area contributed by atoms with E-state index < -0.39 is 0 Å². The van der Waals surface area contributed by atoms with Crippen molar-refractivity contribution in [2.75, 3.05) is 13.7 Å². The number of hydrogen-bond donors (Lipinski definition) is 1. The summed E-state index contributed by atoms with van der Waals surface area (Å²) in [7, 11) is 1.76. The highest BCUT2D eigenvalue weighted by atomic mass is 16.5. The van der Waals surface area contributed by atoms with Gasteiger partial charge in [-0.25, -0.2) is 0 Å². The topological polar surface area (TPSA) is 21.3 Å². The maximum Gasteiger partial charge on any atom is 0.122 e. The molecule has 0 atom stereocenters. The Morgan fingerprint density at radius 3 is 2.71 bits per heavy atom. The van der Waals surface area contributed by atoms with Crippen molar-refractivity contribution in [3.05, 3.63) is 29.3 Å². The van der Waals surface area contributed by atoms with E-state index in [2.05, 4.69) is 37.4 Å². The van der Waals surface area contributed by atoms with Crippen molar-refractivity contribution in [1.82, 2.24) is 5.32 Å². The first-order valence-electron chi connectivity index (χ1n) is 6.61. The van der Waals surface area contributed by atoms with Gasteiger partial charge in [-0.1, -0.05) is 26.0 Å². The van der Waals surface area contributed by atoms with Crippen molar-refractivity contribution in [2.45, 2.75) is 45.1 Å². The Hall–Kier alpha value is -1.02. The first-order chi connectivity index (χ1) is 8.20. The molecule has 1 aromatic rings. The van der Waals surface area contributed by atoms with E-state index in [9.17, 15) is 0 Å². The van der Waals surface area contributed by atoms with E-state index >= 15 is 0 Å². The Morgan fingerprint density at radius 2 is 2.12 bits per heavy atom. The maximum absolute atomic E-state index is 5.48. The fraction of sp³-hybridized carbons (Fsp3) is 0.600. The molecule has 0 bridgehead atoms. The summed E-state index contributed by atoms with van der Waals surface area (Å²) in [5, 5.41) is 3.54. The van der Waals surface area contributed by atoms with Gasteiger partial charge < -0.3 is 10.1 Å². The van der Waals surface area contributed by atoms with Crippen LogP contribution in [0.4, 0.5) is 0 Å². The average Bonchev–Trinajstić information content (AvgIpc) is 3.13. The number of nitrogens with one attached hydrogen (secondary N) is 1. The predicted molar refractivity (Wildman–Crippen MR) is 71.8 cm³/mol. The van der Waals surface area contributed by atoms with E-state index in [1.165, 1.54) is 24.0 Å². The smallest absolute Gasteiger partial charge is 0.122 e. The Labute approximate surface area is 104 Å². The molecule has 1 fully saturated rings. The molecule has 2 heteroatoms. The minimum Gasteiger partial charge on any atom is -0.496 e. The summed E-state index contributed by atoms with van der Waals surface area (Å²) in [5.74, 6) is 1.59. The van der Waals surface area contributed by atoms with E-state index in [0.717, 1.165) is 24.8 Å². The summed E-state index contributed by atoms with van der Waals surface area (Å²) >= 11 is 0. The van der Waals surface area contributed by atoms with Crippen molar-refractivity contribution in [1.29, 1.82) is 0 Å². The van der Waals surface area contributed by atoms with Gasteiger partial charge in [0.2, 0.25) is 0 Å². The number of methoxy groups -OCH3 is 1. The van der Waals surface area contributed by atoms with Gasteiger partial charge in [-0.2, -0.15) is 0 Å². The normalized spacial score (nSPS) is 15.3. The van der Waals surface area contributed by atoms with Crippen LogP contribution in [-0.4, -0.2) is 19.7 Å². The third-order valence-electron chi connectivity index (χ3n) is 3.38. The first kappa shape index (κ1) is 12.4. The third kappa shape index (κ3) is 3.47. The van der Waals surface area contributed by atoms with Crippen LogP contribution < -0.4 is 10.1 Å². The number of benzene rings is 1. The van der Waals surface area contributed by atoms with Crippen LogP contribution in [0.1, 0.15) is 43.7 Å². The summed E-state index contributed by atoms with van der Waals surface area (Å²) < 4.78 is 5.48. The zero-order chi connectivity index (χ0) is 12.3. The molecule has 0 aliphatic heterocycles. The Balaban J connectivity index is 1.98. The lowest BCUT2D eigenvalue weighted by atomic mass is 10.00. The van der Waals surface area contributed by atoms with E-state index in [1.54, 1.807) is 7.11 Å². The summed E-state index contributed by atoms with van der Waals surface area (Å²) in [4.78, 5) is 0. The molecule has 2 nitrogen and oxygen atoms in total. The lowest BCUT2D eigenvalue weighted by Crippen LogP contribution is -2.19. The van der Waals surface area contributed by atoms with Crippen LogP contribution in [0.3, 0.4) is 0 Å². The maximum atomic E-state index is 5.48. The standard InChI is InChI=1S/C15H23NO/c1-11(2)13-5-4-12(15(10-13)17-3)8-9-16-14-6-7-14/h4-5,10-11,14,16H,6-9H2,1-3H3. The molecule has 2 rings (SSSR count). The fourth-order valence-electron chi connectivity index (χ4n) is 2.03. The zero-order valence-electron chi connectivity index (χ0n) is 11.1. The van der Waals surface area contributed by atoms with Crippen LogP contribution in [-0.2, 0) is 6.42 Å². The molecule has 94 valence electrons. The van der Waals surface area contributed by atoms with Crippen LogP contribution in [0, 0.1) is 0 Å². The molecule has 1 aromatic carbocycles. The minimum atomic E-state index is 0.558. The minimum absolute atomic E-state index is 0.558. The summed E-state index contributed by atoms with van der Waals surface area (Å²) in [5.41, 5.74) is 2.66. The van der Waals surface area contributed by atoms with Gasteiger partial charge in [-0.05, 0) is 48.9 Å². The van der Waals surface area contributed by atoms with Crippen molar-refractivity contribution >= 4 is 0 Å². The van der Waals surface area contributed by atoms with E-state index in [4.69, 9.17) is 4.74 Å². The molecular formula is C15H23NO. The van der Waals surface area contributed by atoms with E-state index in [-0.39, 0.29) is 0 Å². The predicted octanol–water partition coefficient (Wildman–Crippen LogP) is 3.11. The molecule has 0 spiro atoms. The van der Waals surface area contributed by atoms with Crippen molar-refractivity contribution in [3.8, 4) is 5.75 Å². The van der Waals surface area contributed by atoms with Crippen molar-refractivity contribution in [3.63, 3.8) is 0 Å². The highest BCUT2D eigenvalue weighted by molar-refractivity contribution is 5.38. The van der Waals surface area contributed by atoms with Gasteiger partial charge in [-0.3, -0.25) is 0 Å². The van der Waals surface area contributed by atoms with Gasteiger partial charge in [-0.15, -0.1) is 0 Å². The Morgan fingerprint density at radius 1 is 1.35 bits per heavy atom.